The lowest BCUT2D eigenvalue weighted by atomic mass is 10.2. The minimum Gasteiger partial charge on any atom is -0.326 e. The number of hydrogen-bond acceptors (Lipinski definition) is 3. The Morgan fingerprint density at radius 2 is 1.06 bits per heavy atom. The number of anilines is 4. The molecule has 0 aliphatic heterocycles. The van der Waals surface area contributed by atoms with E-state index in [0.717, 1.165) is 12.8 Å². The fourth-order valence-electron chi connectivity index (χ4n) is 2.95. The highest BCUT2D eigenvalue weighted by Gasteiger charge is 2.29. The van der Waals surface area contributed by atoms with E-state index < -0.39 is 0 Å². The summed E-state index contributed by atoms with van der Waals surface area (Å²) in [5.74, 6) is -0.0840. The highest BCUT2D eigenvalue weighted by Crippen LogP contribution is 2.30. The maximum atomic E-state index is 12.5. The summed E-state index contributed by atoms with van der Waals surface area (Å²) in [6, 6.07) is 22.4. The average molecular weight is 414 g/mol. The van der Waals surface area contributed by atoms with Crippen LogP contribution in [-0.4, -0.2) is 17.8 Å². The van der Waals surface area contributed by atoms with Gasteiger partial charge in [0.25, 0.3) is 5.91 Å². The number of urea groups is 1. The molecule has 4 N–H and O–H groups in total. The molecule has 1 aliphatic carbocycles. The summed E-state index contributed by atoms with van der Waals surface area (Å²) in [6.45, 7) is 0. The molecule has 1 aliphatic rings. The van der Waals surface area contributed by atoms with Gasteiger partial charge in [-0.3, -0.25) is 9.59 Å². The zero-order valence-electron chi connectivity index (χ0n) is 16.7. The molecule has 3 aromatic carbocycles. The van der Waals surface area contributed by atoms with Crippen molar-refractivity contribution in [3.05, 3.63) is 84.4 Å². The second-order valence-corrected chi connectivity index (χ2v) is 7.32. The van der Waals surface area contributed by atoms with Crippen LogP contribution in [0.3, 0.4) is 0 Å². The Morgan fingerprint density at radius 3 is 1.65 bits per heavy atom. The van der Waals surface area contributed by atoms with Gasteiger partial charge in [-0.05, 0) is 73.5 Å². The monoisotopic (exact) mass is 414 g/mol. The Bertz CT molecular complexity index is 1080. The molecule has 1 saturated carbocycles. The normalized spacial score (nSPS) is 12.5. The van der Waals surface area contributed by atoms with Gasteiger partial charge in [-0.1, -0.05) is 18.2 Å². The number of benzene rings is 3. The van der Waals surface area contributed by atoms with Crippen molar-refractivity contribution >= 4 is 40.6 Å². The Kier molecular flexibility index (Phi) is 5.93. The zero-order valence-corrected chi connectivity index (χ0v) is 16.7. The van der Waals surface area contributed by atoms with E-state index in [0.29, 0.717) is 28.3 Å². The quantitative estimate of drug-likeness (QED) is 0.460. The predicted molar refractivity (Wildman–Crippen MR) is 121 cm³/mol. The van der Waals surface area contributed by atoms with Crippen LogP contribution >= 0.6 is 0 Å². The van der Waals surface area contributed by atoms with E-state index in [-0.39, 0.29) is 23.8 Å². The van der Waals surface area contributed by atoms with E-state index >= 15 is 0 Å². The lowest BCUT2D eigenvalue weighted by Crippen LogP contribution is -2.19. The van der Waals surface area contributed by atoms with E-state index in [1.165, 1.54) is 0 Å². The molecule has 1 fully saturated rings. The smallest absolute Gasteiger partial charge is 0.323 e. The minimum atomic E-state index is -0.364. The van der Waals surface area contributed by atoms with Crippen LogP contribution in [-0.2, 0) is 4.79 Å². The fourth-order valence-corrected chi connectivity index (χ4v) is 2.95. The van der Waals surface area contributed by atoms with E-state index in [9.17, 15) is 14.4 Å². The van der Waals surface area contributed by atoms with Crippen molar-refractivity contribution in [1.29, 1.82) is 0 Å². The molecule has 3 aromatic rings. The third-order valence-electron chi connectivity index (χ3n) is 4.80. The number of carbonyl (C=O) groups is 3. The van der Waals surface area contributed by atoms with Crippen LogP contribution in [0.5, 0.6) is 0 Å². The number of hydrogen-bond donors (Lipinski definition) is 4. The molecule has 0 atom stereocenters. The first-order valence-corrected chi connectivity index (χ1v) is 10.0. The summed E-state index contributed by atoms with van der Waals surface area (Å²) in [5.41, 5.74) is 3.05. The van der Waals surface area contributed by atoms with Gasteiger partial charge in [0, 0.05) is 34.2 Å². The first kappa shape index (κ1) is 20.2. The van der Waals surface area contributed by atoms with Crippen molar-refractivity contribution in [2.45, 2.75) is 12.8 Å². The number of nitrogens with one attached hydrogen (secondary N) is 4. The molecule has 7 nitrogen and oxygen atoms in total. The summed E-state index contributed by atoms with van der Waals surface area (Å²) in [6.07, 6.45) is 1.90. The number of carbonyl (C=O) groups excluding carboxylic acids is 3. The van der Waals surface area contributed by atoms with Crippen LogP contribution in [0.25, 0.3) is 0 Å². The molecule has 4 amide bonds. The predicted octanol–water partition coefficient (Wildman–Crippen LogP) is 4.93. The second kappa shape index (κ2) is 9.13. The largest absolute Gasteiger partial charge is 0.326 e. The van der Waals surface area contributed by atoms with Gasteiger partial charge in [0.15, 0.2) is 0 Å². The molecular weight excluding hydrogens is 392 g/mol. The Hall–Kier alpha value is -4.13. The molecule has 4 rings (SSSR count). The van der Waals surface area contributed by atoms with Crippen LogP contribution in [0.2, 0.25) is 0 Å². The van der Waals surface area contributed by atoms with Crippen molar-refractivity contribution in [1.82, 2.24) is 0 Å². The maximum absolute atomic E-state index is 12.5. The third kappa shape index (κ3) is 5.70. The molecule has 7 heteroatoms. The lowest BCUT2D eigenvalue weighted by molar-refractivity contribution is -0.117. The summed E-state index contributed by atoms with van der Waals surface area (Å²) in [7, 11) is 0. The zero-order chi connectivity index (χ0) is 21.6. The van der Waals surface area contributed by atoms with Crippen molar-refractivity contribution in [2.24, 2.45) is 5.92 Å². The Morgan fingerprint density at radius 1 is 0.581 bits per heavy atom. The van der Waals surface area contributed by atoms with Gasteiger partial charge in [0.05, 0.1) is 0 Å². The highest BCUT2D eigenvalue weighted by molar-refractivity contribution is 6.05. The molecule has 0 unspecified atom stereocenters. The van der Waals surface area contributed by atoms with E-state index in [1.54, 1.807) is 60.7 Å². The topological polar surface area (TPSA) is 99.3 Å². The van der Waals surface area contributed by atoms with E-state index in [4.69, 9.17) is 0 Å². The molecule has 0 aromatic heterocycles. The molecule has 156 valence electrons. The van der Waals surface area contributed by atoms with Crippen molar-refractivity contribution in [2.75, 3.05) is 21.3 Å². The summed E-state index contributed by atoms with van der Waals surface area (Å²) < 4.78 is 0. The summed E-state index contributed by atoms with van der Waals surface area (Å²) in [4.78, 5) is 36.3. The van der Waals surface area contributed by atoms with Crippen LogP contribution in [0.15, 0.2) is 78.9 Å². The number of para-hydroxylation sites is 1. The van der Waals surface area contributed by atoms with Crippen molar-refractivity contribution in [3.63, 3.8) is 0 Å². The molecule has 31 heavy (non-hydrogen) atoms. The lowest BCUT2D eigenvalue weighted by Gasteiger charge is -2.09. The standard InChI is InChI=1S/C24H22N4O3/c29-22(16-6-7-16)25-19-12-14-20(15-13-19)26-23(30)17-8-10-21(11-9-17)28-24(31)27-18-4-2-1-3-5-18/h1-5,8-16H,6-7H2,(H,25,29)(H,26,30)(H2,27,28,31). The second-order valence-electron chi connectivity index (χ2n) is 7.32. The first-order valence-electron chi connectivity index (χ1n) is 10.0. The molecule has 0 spiro atoms. The van der Waals surface area contributed by atoms with E-state index in [2.05, 4.69) is 21.3 Å². The van der Waals surface area contributed by atoms with E-state index in [1.807, 2.05) is 18.2 Å². The first-order chi connectivity index (χ1) is 15.1. The van der Waals surface area contributed by atoms with Gasteiger partial charge >= 0.3 is 6.03 Å². The van der Waals surface area contributed by atoms with Gasteiger partial charge in [-0.15, -0.1) is 0 Å². The van der Waals surface area contributed by atoms with Crippen molar-refractivity contribution < 1.29 is 14.4 Å². The van der Waals surface area contributed by atoms with Gasteiger partial charge < -0.3 is 21.3 Å². The van der Waals surface area contributed by atoms with Gasteiger partial charge in [-0.2, -0.15) is 0 Å². The SMILES string of the molecule is O=C(Nc1ccccc1)Nc1ccc(C(=O)Nc2ccc(NC(=O)C3CC3)cc2)cc1. The molecule has 0 saturated heterocycles. The summed E-state index contributed by atoms with van der Waals surface area (Å²) in [5, 5.41) is 11.1. The molecule has 0 bridgehead atoms. The summed E-state index contributed by atoms with van der Waals surface area (Å²) >= 11 is 0. The maximum Gasteiger partial charge on any atom is 0.323 e. The van der Waals surface area contributed by atoms with Crippen molar-refractivity contribution in [3.8, 4) is 0 Å². The van der Waals surface area contributed by atoms with Gasteiger partial charge in [-0.25, -0.2) is 4.79 Å². The Balaban J connectivity index is 1.29. The fraction of sp³-hybridized carbons (Fsp3) is 0.125. The van der Waals surface area contributed by atoms with Gasteiger partial charge in [0.1, 0.15) is 0 Å². The minimum absolute atomic E-state index is 0.0444. The van der Waals surface area contributed by atoms with Gasteiger partial charge in [0.2, 0.25) is 5.91 Å². The Labute approximate surface area is 179 Å². The number of amides is 4. The van der Waals surface area contributed by atoms with Crippen LogP contribution in [0, 0.1) is 5.92 Å². The average Bonchev–Trinajstić information content (AvgIpc) is 3.62. The van der Waals surface area contributed by atoms with Crippen LogP contribution < -0.4 is 21.3 Å². The number of rotatable bonds is 6. The van der Waals surface area contributed by atoms with Crippen LogP contribution in [0.1, 0.15) is 23.2 Å². The molecular formula is C24H22N4O3. The molecule has 0 heterocycles. The molecule has 0 radical (unpaired) electrons. The van der Waals surface area contributed by atoms with Crippen LogP contribution in [0.4, 0.5) is 27.5 Å². The highest BCUT2D eigenvalue weighted by atomic mass is 16.2. The third-order valence-corrected chi connectivity index (χ3v) is 4.80.